The fraction of sp³-hybridized carbons (Fsp3) is 0.405. The molecule has 1 N–H and O–H groups in total. The molecule has 0 radical (unpaired) electrons. The van der Waals surface area contributed by atoms with E-state index in [4.69, 9.17) is 16.7 Å². The zero-order valence-corrected chi connectivity index (χ0v) is 28.9. The second-order valence-corrected chi connectivity index (χ2v) is 14.5. The van der Waals surface area contributed by atoms with Crippen molar-refractivity contribution in [3.05, 3.63) is 89.1 Å². The molecule has 0 spiro atoms. The van der Waals surface area contributed by atoms with E-state index in [1.807, 2.05) is 71.2 Å². The summed E-state index contributed by atoms with van der Waals surface area (Å²) in [6.07, 6.45) is 7.41. The zero-order valence-electron chi connectivity index (χ0n) is 28.1. The normalized spacial score (nSPS) is 15.3. The van der Waals surface area contributed by atoms with Gasteiger partial charge in [0.1, 0.15) is 0 Å². The summed E-state index contributed by atoms with van der Waals surface area (Å²) in [4.78, 5) is 2.23. The van der Waals surface area contributed by atoms with E-state index in [2.05, 4.69) is 69.7 Å². The van der Waals surface area contributed by atoms with E-state index >= 15 is 0 Å². The molecular weight excluding hydrogens is 620 g/mol. The molecule has 0 saturated heterocycles. The lowest BCUT2D eigenvalue weighted by Gasteiger charge is -2.31. The SMILES string of the molecule is CN(C)CC(C)(C)CNc1nn2c(-c3ccccc3)nnc2cc1C1CCC1.Clc1nn2c(-c3ccccc3)nnc2cc1C1CCC1. The lowest BCUT2D eigenvalue weighted by atomic mass is 9.80. The molecular formula is C37H43ClN10. The van der Waals surface area contributed by atoms with Crippen LogP contribution in [0.4, 0.5) is 5.82 Å². The molecule has 2 fully saturated rings. The number of halogens is 1. The number of fused-ring (bicyclic) bond motifs is 2. The fourth-order valence-corrected chi connectivity index (χ4v) is 6.90. The Labute approximate surface area is 286 Å². The van der Waals surface area contributed by atoms with Crippen LogP contribution < -0.4 is 5.32 Å². The van der Waals surface area contributed by atoms with Crippen LogP contribution in [0, 0.1) is 5.41 Å². The summed E-state index contributed by atoms with van der Waals surface area (Å²) in [6, 6.07) is 24.2. The van der Waals surface area contributed by atoms with E-state index in [9.17, 15) is 0 Å². The molecule has 2 aromatic carbocycles. The molecule has 0 atom stereocenters. The molecule has 48 heavy (non-hydrogen) atoms. The smallest absolute Gasteiger partial charge is 0.185 e. The maximum atomic E-state index is 6.34. The number of anilines is 1. The summed E-state index contributed by atoms with van der Waals surface area (Å²) in [6.45, 7) is 6.46. The lowest BCUT2D eigenvalue weighted by Crippen LogP contribution is -2.35. The predicted molar refractivity (Wildman–Crippen MR) is 191 cm³/mol. The molecule has 4 aromatic heterocycles. The van der Waals surface area contributed by atoms with Gasteiger partial charge in [0.15, 0.2) is 33.9 Å². The van der Waals surface area contributed by atoms with Crippen molar-refractivity contribution >= 4 is 28.7 Å². The van der Waals surface area contributed by atoms with Gasteiger partial charge in [0, 0.05) is 29.8 Å². The first-order valence-electron chi connectivity index (χ1n) is 16.9. The molecule has 2 aliphatic rings. The van der Waals surface area contributed by atoms with Crippen molar-refractivity contribution in [1.29, 1.82) is 0 Å². The van der Waals surface area contributed by atoms with Gasteiger partial charge in [-0.05, 0) is 74.7 Å². The van der Waals surface area contributed by atoms with Gasteiger partial charge in [0.05, 0.1) is 0 Å². The molecule has 0 aliphatic heterocycles. The lowest BCUT2D eigenvalue weighted by molar-refractivity contribution is 0.254. The number of nitrogens with one attached hydrogen (secondary N) is 1. The Morgan fingerprint density at radius 3 is 1.73 bits per heavy atom. The van der Waals surface area contributed by atoms with Crippen molar-refractivity contribution in [2.45, 2.75) is 64.2 Å². The van der Waals surface area contributed by atoms with Gasteiger partial charge in [-0.1, -0.05) is 99.0 Å². The van der Waals surface area contributed by atoms with E-state index < -0.39 is 0 Å². The number of hydrogen-bond donors (Lipinski definition) is 1. The zero-order chi connectivity index (χ0) is 33.3. The average molecular weight is 663 g/mol. The largest absolute Gasteiger partial charge is 0.368 e. The number of hydrogen-bond acceptors (Lipinski definition) is 8. The number of aromatic nitrogens is 8. The molecule has 248 valence electrons. The quantitative estimate of drug-likeness (QED) is 0.168. The molecule has 0 bridgehead atoms. The van der Waals surface area contributed by atoms with Gasteiger partial charge in [-0.25, -0.2) is 0 Å². The Hall–Kier alpha value is -4.41. The summed E-state index contributed by atoms with van der Waals surface area (Å²) in [5.41, 5.74) is 6.13. The highest BCUT2D eigenvalue weighted by molar-refractivity contribution is 6.30. The van der Waals surface area contributed by atoms with E-state index in [0.717, 1.165) is 58.5 Å². The first kappa shape index (κ1) is 32.2. The highest BCUT2D eigenvalue weighted by Gasteiger charge is 2.27. The molecule has 4 heterocycles. The van der Waals surface area contributed by atoms with E-state index in [0.29, 0.717) is 17.0 Å². The minimum Gasteiger partial charge on any atom is -0.368 e. The van der Waals surface area contributed by atoms with Crippen LogP contribution in [0.15, 0.2) is 72.8 Å². The number of nitrogens with zero attached hydrogens (tertiary/aromatic N) is 9. The van der Waals surface area contributed by atoms with Gasteiger partial charge in [0.2, 0.25) is 0 Å². The van der Waals surface area contributed by atoms with Crippen LogP contribution in [0.3, 0.4) is 0 Å². The summed E-state index contributed by atoms with van der Waals surface area (Å²) >= 11 is 6.34. The Morgan fingerprint density at radius 2 is 1.23 bits per heavy atom. The maximum Gasteiger partial charge on any atom is 0.185 e. The van der Waals surface area contributed by atoms with Gasteiger partial charge in [-0.2, -0.15) is 14.1 Å². The van der Waals surface area contributed by atoms with Gasteiger partial charge < -0.3 is 10.2 Å². The van der Waals surface area contributed by atoms with Crippen LogP contribution in [-0.2, 0) is 0 Å². The Balaban J connectivity index is 0.000000160. The molecule has 0 amide bonds. The first-order valence-corrected chi connectivity index (χ1v) is 17.3. The average Bonchev–Trinajstić information content (AvgIpc) is 3.62. The minimum absolute atomic E-state index is 0.145. The molecule has 6 aromatic rings. The van der Waals surface area contributed by atoms with Gasteiger partial charge in [-0.15, -0.1) is 25.5 Å². The molecule has 10 nitrogen and oxygen atoms in total. The van der Waals surface area contributed by atoms with Crippen LogP contribution >= 0.6 is 11.6 Å². The number of benzene rings is 2. The van der Waals surface area contributed by atoms with E-state index in [1.54, 1.807) is 4.52 Å². The summed E-state index contributed by atoms with van der Waals surface area (Å²) in [7, 11) is 4.24. The Morgan fingerprint density at radius 1 is 0.729 bits per heavy atom. The Kier molecular flexibility index (Phi) is 9.11. The van der Waals surface area contributed by atoms with Crippen molar-refractivity contribution in [3.8, 4) is 22.8 Å². The molecule has 2 aliphatic carbocycles. The van der Waals surface area contributed by atoms with Crippen LogP contribution in [0.5, 0.6) is 0 Å². The minimum atomic E-state index is 0.145. The third-order valence-corrected chi connectivity index (χ3v) is 9.72. The second kappa shape index (κ2) is 13.6. The highest BCUT2D eigenvalue weighted by Crippen LogP contribution is 2.41. The van der Waals surface area contributed by atoms with Crippen molar-refractivity contribution in [2.24, 2.45) is 5.41 Å². The molecule has 0 unspecified atom stereocenters. The third-order valence-electron chi connectivity index (χ3n) is 9.43. The molecule has 11 heteroatoms. The fourth-order valence-electron chi connectivity index (χ4n) is 6.61. The van der Waals surface area contributed by atoms with E-state index in [-0.39, 0.29) is 5.41 Å². The summed E-state index contributed by atoms with van der Waals surface area (Å²) in [5.74, 6) is 3.60. The highest BCUT2D eigenvalue weighted by atomic mass is 35.5. The van der Waals surface area contributed by atoms with Crippen molar-refractivity contribution in [1.82, 2.24) is 44.5 Å². The van der Waals surface area contributed by atoms with Gasteiger partial charge >= 0.3 is 0 Å². The van der Waals surface area contributed by atoms with Gasteiger partial charge in [-0.3, -0.25) is 0 Å². The number of rotatable bonds is 9. The summed E-state index contributed by atoms with van der Waals surface area (Å²) < 4.78 is 3.60. The third kappa shape index (κ3) is 6.77. The molecule has 8 rings (SSSR count). The Bertz CT molecular complexity index is 1990. The predicted octanol–water partition coefficient (Wildman–Crippen LogP) is 7.77. The van der Waals surface area contributed by atoms with Crippen molar-refractivity contribution in [3.63, 3.8) is 0 Å². The van der Waals surface area contributed by atoms with Gasteiger partial charge in [0.25, 0.3) is 0 Å². The second-order valence-electron chi connectivity index (χ2n) is 14.2. The standard InChI is InChI=1S/C22H30N6.C15H13ClN4/c1-22(2,15-27(3)4)14-23-20-18(16-11-8-12-16)13-19-24-25-21(28(19)26-20)17-9-6-5-7-10-17;16-14-12(10-7-4-8-10)9-13-17-18-15(20(13)19-14)11-5-2-1-3-6-11/h5-7,9-10,13,16H,8,11-12,14-15H2,1-4H3,(H,23,26);1-3,5-6,9-10H,4,7-8H2. The van der Waals surface area contributed by atoms with E-state index in [1.165, 1.54) is 44.1 Å². The van der Waals surface area contributed by atoms with Crippen LogP contribution in [0.2, 0.25) is 5.15 Å². The monoisotopic (exact) mass is 662 g/mol. The van der Waals surface area contributed by atoms with Crippen molar-refractivity contribution < 1.29 is 0 Å². The molecule has 2 saturated carbocycles. The topological polar surface area (TPSA) is 101 Å². The van der Waals surface area contributed by atoms with Crippen LogP contribution in [-0.4, -0.2) is 71.7 Å². The van der Waals surface area contributed by atoms with Crippen LogP contribution in [0.25, 0.3) is 34.1 Å². The van der Waals surface area contributed by atoms with Crippen molar-refractivity contribution in [2.75, 3.05) is 32.5 Å². The van der Waals surface area contributed by atoms with Crippen LogP contribution in [0.1, 0.15) is 75.3 Å². The summed E-state index contributed by atoms with van der Waals surface area (Å²) in [5, 5.41) is 30.9. The first-order chi connectivity index (χ1) is 23.3. The maximum absolute atomic E-state index is 6.34.